The van der Waals surface area contributed by atoms with E-state index >= 15 is 0 Å². The van der Waals surface area contributed by atoms with Crippen LogP contribution in [-0.4, -0.2) is 23.8 Å². The first kappa shape index (κ1) is 23.3. The number of nitrogens with zero attached hydrogens (tertiary/aromatic N) is 1. The molecule has 34 heavy (non-hydrogen) atoms. The Labute approximate surface area is 203 Å². The number of aryl methyl sites for hydroxylation is 2. The summed E-state index contributed by atoms with van der Waals surface area (Å²) in [6.07, 6.45) is 2.86. The molecular weight excluding hydrogens is 450 g/mol. The first-order valence-electron chi connectivity index (χ1n) is 10.9. The summed E-state index contributed by atoms with van der Waals surface area (Å²) >= 11 is 5.93. The van der Waals surface area contributed by atoms with E-state index in [4.69, 9.17) is 11.6 Å². The lowest BCUT2D eigenvalue weighted by atomic mass is 10.0. The zero-order valence-corrected chi connectivity index (χ0v) is 19.6. The van der Waals surface area contributed by atoms with Crippen molar-refractivity contribution in [3.63, 3.8) is 0 Å². The van der Waals surface area contributed by atoms with Crippen molar-refractivity contribution in [3.8, 4) is 0 Å². The lowest BCUT2D eigenvalue weighted by molar-refractivity contribution is -0.124. The molecule has 4 rings (SSSR count). The monoisotopic (exact) mass is 473 g/mol. The molecule has 0 bridgehead atoms. The van der Waals surface area contributed by atoms with Gasteiger partial charge in [-0.2, -0.15) is 0 Å². The Bertz CT molecular complexity index is 1280. The molecule has 0 saturated carbocycles. The zero-order chi connectivity index (χ0) is 24.2. The number of halogens is 1. The maximum atomic E-state index is 13.3. The molecule has 0 aromatic heterocycles. The normalized spacial score (nSPS) is 15.1. The summed E-state index contributed by atoms with van der Waals surface area (Å²) in [6.45, 7) is 3.95. The van der Waals surface area contributed by atoms with Gasteiger partial charge in [0.2, 0.25) is 11.8 Å². The standard InChI is InChI=1S/C27H24ClN3O3/c1-17-7-13-21(15-18(17)2)29-25(32)16-24-27(34)30-22-5-3-4-6-23(22)31(24)26(33)14-10-19-8-11-20(28)12-9-19/h3-15,24H,16H2,1-2H3,(H,29,32)(H,30,34). The van der Waals surface area contributed by atoms with Crippen molar-refractivity contribution >= 4 is 52.5 Å². The van der Waals surface area contributed by atoms with Crippen molar-refractivity contribution < 1.29 is 14.4 Å². The summed E-state index contributed by atoms with van der Waals surface area (Å²) in [4.78, 5) is 40.5. The lowest BCUT2D eigenvalue weighted by Gasteiger charge is -2.35. The number of rotatable bonds is 5. The van der Waals surface area contributed by atoms with E-state index in [0.29, 0.717) is 22.1 Å². The quantitative estimate of drug-likeness (QED) is 0.490. The summed E-state index contributed by atoms with van der Waals surface area (Å²) in [5, 5.41) is 6.24. The molecule has 3 aromatic rings. The van der Waals surface area contributed by atoms with E-state index < -0.39 is 17.9 Å². The molecular formula is C27H24ClN3O3. The Morgan fingerprint density at radius 2 is 1.76 bits per heavy atom. The maximum Gasteiger partial charge on any atom is 0.251 e. The van der Waals surface area contributed by atoms with Gasteiger partial charge in [0.1, 0.15) is 6.04 Å². The van der Waals surface area contributed by atoms with Gasteiger partial charge in [0, 0.05) is 16.8 Å². The number of benzene rings is 3. The van der Waals surface area contributed by atoms with E-state index in [1.807, 2.05) is 32.0 Å². The molecule has 0 saturated heterocycles. The van der Waals surface area contributed by atoms with Gasteiger partial charge in [-0.3, -0.25) is 19.3 Å². The number of amides is 3. The molecule has 0 fully saturated rings. The van der Waals surface area contributed by atoms with Crippen LogP contribution in [0.2, 0.25) is 5.02 Å². The summed E-state index contributed by atoms with van der Waals surface area (Å²) in [5.41, 5.74) is 4.65. The molecule has 1 heterocycles. The number of carbonyl (C=O) groups excluding carboxylic acids is 3. The Morgan fingerprint density at radius 3 is 2.50 bits per heavy atom. The average molecular weight is 474 g/mol. The van der Waals surface area contributed by atoms with Gasteiger partial charge in [-0.05, 0) is 73.0 Å². The molecule has 6 nitrogen and oxygen atoms in total. The molecule has 1 atom stereocenters. The molecule has 0 radical (unpaired) electrons. The molecule has 0 aliphatic carbocycles. The second-order valence-electron chi connectivity index (χ2n) is 8.17. The Morgan fingerprint density at radius 1 is 1.03 bits per heavy atom. The van der Waals surface area contributed by atoms with Gasteiger partial charge in [-0.25, -0.2) is 0 Å². The topological polar surface area (TPSA) is 78.5 Å². The van der Waals surface area contributed by atoms with Crippen molar-refractivity contribution in [2.75, 3.05) is 15.5 Å². The molecule has 3 amide bonds. The highest BCUT2D eigenvalue weighted by Gasteiger charge is 2.37. The average Bonchev–Trinajstić information content (AvgIpc) is 2.81. The second kappa shape index (κ2) is 9.93. The minimum Gasteiger partial charge on any atom is -0.326 e. The number of anilines is 3. The number of carbonyl (C=O) groups is 3. The maximum absolute atomic E-state index is 13.3. The van der Waals surface area contributed by atoms with Gasteiger partial charge in [0.25, 0.3) is 5.91 Å². The summed E-state index contributed by atoms with van der Waals surface area (Å²) in [5.74, 6) is -1.18. The first-order valence-corrected chi connectivity index (χ1v) is 11.2. The van der Waals surface area contributed by atoms with Gasteiger partial charge in [0.15, 0.2) is 0 Å². The van der Waals surface area contributed by atoms with E-state index in [0.717, 1.165) is 16.7 Å². The summed E-state index contributed by atoms with van der Waals surface area (Å²) < 4.78 is 0. The third kappa shape index (κ3) is 5.18. The van der Waals surface area contributed by atoms with Crippen LogP contribution in [0.25, 0.3) is 6.08 Å². The Balaban J connectivity index is 1.59. The van der Waals surface area contributed by atoms with Crippen molar-refractivity contribution in [2.24, 2.45) is 0 Å². The third-order valence-corrected chi connectivity index (χ3v) is 5.98. The van der Waals surface area contributed by atoms with Crippen LogP contribution in [0, 0.1) is 13.8 Å². The fraction of sp³-hybridized carbons (Fsp3) is 0.148. The molecule has 0 spiro atoms. The highest BCUT2D eigenvalue weighted by Crippen LogP contribution is 2.33. The van der Waals surface area contributed by atoms with Crippen LogP contribution < -0.4 is 15.5 Å². The van der Waals surface area contributed by atoms with E-state index in [1.54, 1.807) is 54.6 Å². The molecule has 7 heteroatoms. The predicted molar refractivity (Wildman–Crippen MR) is 136 cm³/mol. The van der Waals surface area contributed by atoms with Gasteiger partial charge >= 0.3 is 0 Å². The van der Waals surface area contributed by atoms with E-state index in [9.17, 15) is 14.4 Å². The van der Waals surface area contributed by atoms with Gasteiger partial charge < -0.3 is 10.6 Å². The van der Waals surface area contributed by atoms with Crippen molar-refractivity contribution in [1.82, 2.24) is 0 Å². The van der Waals surface area contributed by atoms with E-state index in [1.165, 1.54) is 11.0 Å². The number of hydrogen-bond acceptors (Lipinski definition) is 3. The van der Waals surface area contributed by atoms with E-state index in [-0.39, 0.29) is 12.3 Å². The predicted octanol–water partition coefficient (Wildman–Crippen LogP) is 5.35. The van der Waals surface area contributed by atoms with Gasteiger partial charge in [-0.15, -0.1) is 0 Å². The van der Waals surface area contributed by atoms with Crippen molar-refractivity contribution in [3.05, 3.63) is 94.5 Å². The van der Waals surface area contributed by atoms with Crippen LogP contribution in [0.4, 0.5) is 17.1 Å². The van der Waals surface area contributed by atoms with Crippen LogP contribution in [0.15, 0.2) is 72.8 Å². The lowest BCUT2D eigenvalue weighted by Crippen LogP contribution is -2.52. The van der Waals surface area contributed by atoms with Crippen molar-refractivity contribution in [2.45, 2.75) is 26.3 Å². The van der Waals surface area contributed by atoms with Crippen molar-refractivity contribution in [1.29, 1.82) is 0 Å². The number of para-hydroxylation sites is 2. The minimum atomic E-state index is -0.996. The van der Waals surface area contributed by atoms with Crippen LogP contribution in [-0.2, 0) is 14.4 Å². The summed E-state index contributed by atoms with van der Waals surface area (Å²) in [7, 11) is 0. The van der Waals surface area contributed by atoms with Crippen LogP contribution in [0.1, 0.15) is 23.1 Å². The molecule has 1 aliphatic rings. The number of hydrogen-bond donors (Lipinski definition) is 2. The molecule has 2 N–H and O–H groups in total. The Hall–Kier alpha value is -3.90. The van der Waals surface area contributed by atoms with E-state index in [2.05, 4.69) is 10.6 Å². The third-order valence-electron chi connectivity index (χ3n) is 5.73. The van der Waals surface area contributed by atoms with Crippen LogP contribution in [0.3, 0.4) is 0 Å². The molecule has 1 unspecified atom stereocenters. The van der Waals surface area contributed by atoms with Crippen LogP contribution >= 0.6 is 11.6 Å². The number of nitrogens with one attached hydrogen (secondary N) is 2. The fourth-order valence-electron chi connectivity index (χ4n) is 3.78. The van der Waals surface area contributed by atoms with Gasteiger partial charge in [0.05, 0.1) is 17.8 Å². The number of fused-ring (bicyclic) bond motifs is 1. The minimum absolute atomic E-state index is 0.187. The molecule has 1 aliphatic heterocycles. The molecule has 3 aromatic carbocycles. The zero-order valence-electron chi connectivity index (χ0n) is 18.8. The summed E-state index contributed by atoms with van der Waals surface area (Å²) in [6, 6.07) is 18.7. The smallest absolute Gasteiger partial charge is 0.251 e. The largest absolute Gasteiger partial charge is 0.326 e. The molecule has 172 valence electrons. The fourth-order valence-corrected chi connectivity index (χ4v) is 3.90. The second-order valence-corrected chi connectivity index (χ2v) is 8.60. The highest BCUT2D eigenvalue weighted by atomic mass is 35.5. The highest BCUT2D eigenvalue weighted by molar-refractivity contribution is 6.30. The van der Waals surface area contributed by atoms with Gasteiger partial charge in [-0.1, -0.05) is 41.9 Å². The Kier molecular flexibility index (Phi) is 6.80. The first-order chi connectivity index (χ1) is 16.3. The SMILES string of the molecule is Cc1ccc(NC(=O)CC2C(=O)Nc3ccccc3N2C(=O)C=Cc2ccc(Cl)cc2)cc1C. The van der Waals surface area contributed by atoms with Crippen LogP contribution in [0.5, 0.6) is 0 Å².